The summed E-state index contributed by atoms with van der Waals surface area (Å²) < 4.78 is 6.85. The van der Waals surface area contributed by atoms with Gasteiger partial charge in [-0.1, -0.05) is 34.6 Å². The lowest BCUT2D eigenvalue weighted by Gasteiger charge is -2.63. The first-order valence-electron chi connectivity index (χ1n) is 14.6. The molecule has 5 heteroatoms. The van der Waals surface area contributed by atoms with Gasteiger partial charge in [0.25, 0.3) is 0 Å². The van der Waals surface area contributed by atoms with Crippen molar-refractivity contribution in [1.29, 1.82) is 0 Å². The topological polar surface area (TPSA) is 61.8 Å². The molecule has 0 radical (unpaired) electrons. The van der Waals surface area contributed by atoms with E-state index in [9.17, 15) is 9.90 Å². The van der Waals surface area contributed by atoms with Crippen molar-refractivity contribution in [2.75, 3.05) is 20.6 Å². The smallest absolute Gasteiger partial charge is 0.316 e. The zero-order valence-electron chi connectivity index (χ0n) is 23.3. The Morgan fingerprint density at radius 3 is 2.40 bits per heavy atom. The van der Waals surface area contributed by atoms with Crippen LogP contribution < -0.4 is 5.32 Å². The fourth-order valence-electron chi connectivity index (χ4n) is 11.9. The molecule has 6 aliphatic rings. The predicted molar refractivity (Wildman–Crippen MR) is 138 cm³/mol. The number of aliphatic hydroxyl groups is 1. The number of carbonyl (C=O) groups excluding carboxylic acids is 1. The fraction of sp³-hybridized carbons (Fsp3) is 0.967. The maximum absolute atomic E-state index is 12.1. The van der Waals surface area contributed by atoms with Gasteiger partial charge in [-0.25, -0.2) is 4.79 Å². The molecule has 2 N–H and O–H groups in total. The van der Waals surface area contributed by atoms with E-state index in [4.69, 9.17) is 4.74 Å². The molecule has 1 aliphatic heterocycles. The SMILES string of the molecule is CC1CC(CNC(=O)N(C)C)OC2CC3(C)C4CCC5C(C)(C)C(O)CCC56CC46CCC3(C)C12. The molecule has 11 unspecified atom stereocenters. The van der Waals surface area contributed by atoms with Crippen molar-refractivity contribution in [3.63, 3.8) is 0 Å². The van der Waals surface area contributed by atoms with E-state index in [-0.39, 0.29) is 23.7 Å². The van der Waals surface area contributed by atoms with Gasteiger partial charge in [-0.05, 0) is 109 Å². The van der Waals surface area contributed by atoms with Gasteiger partial charge >= 0.3 is 6.03 Å². The van der Waals surface area contributed by atoms with Crippen LogP contribution in [0.1, 0.15) is 92.4 Å². The van der Waals surface area contributed by atoms with Crippen LogP contribution in [-0.4, -0.2) is 55.0 Å². The minimum absolute atomic E-state index is 0.0272. The Morgan fingerprint density at radius 1 is 1.00 bits per heavy atom. The molecule has 11 atom stereocenters. The van der Waals surface area contributed by atoms with E-state index >= 15 is 0 Å². The van der Waals surface area contributed by atoms with Gasteiger partial charge in [0.15, 0.2) is 0 Å². The van der Waals surface area contributed by atoms with Crippen LogP contribution in [0, 0.1) is 50.7 Å². The van der Waals surface area contributed by atoms with Crippen molar-refractivity contribution in [3.05, 3.63) is 0 Å². The van der Waals surface area contributed by atoms with Gasteiger partial charge in [0.05, 0.1) is 18.3 Å². The first-order chi connectivity index (χ1) is 16.3. The number of urea groups is 1. The number of rotatable bonds is 2. The Balaban J connectivity index is 1.26. The van der Waals surface area contributed by atoms with Crippen LogP contribution in [0.4, 0.5) is 4.79 Å². The maximum Gasteiger partial charge on any atom is 0.316 e. The molecule has 198 valence electrons. The van der Waals surface area contributed by atoms with E-state index in [1.807, 2.05) is 0 Å². The van der Waals surface area contributed by atoms with Gasteiger partial charge in [0, 0.05) is 20.6 Å². The molecule has 0 aromatic carbocycles. The van der Waals surface area contributed by atoms with E-state index in [0.29, 0.717) is 52.1 Å². The van der Waals surface area contributed by atoms with Gasteiger partial charge in [-0.15, -0.1) is 0 Å². The number of ether oxygens (including phenoxy) is 1. The van der Waals surface area contributed by atoms with Crippen molar-refractivity contribution in [2.45, 2.75) is 111 Å². The van der Waals surface area contributed by atoms with Crippen molar-refractivity contribution < 1.29 is 14.6 Å². The molecular formula is C30H50N2O3. The molecule has 1 saturated heterocycles. The van der Waals surface area contributed by atoms with Crippen molar-refractivity contribution >= 4 is 6.03 Å². The molecule has 2 spiro atoms. The Labute approximate surface area is 213 Å². The standard InChI is InChI=1S/C30H50N2O3/c1-18-14-19(16-31-25(34)32(6)7)35-20-15-28(5)22-9-8-21-26(2,3)23(33)10-11-29(21)17-30(22,29)13-12-27(28,4)24(18)20/h18-24,33H,8-17H2,1-7H3,(H,31,34). The molecule has 0 aromatic rings. The molecule has 5 saturated carbocycles. The number of hydrogen-bond acceptors (Lipinski definition) is 3. The quantitative estimate of drug-likeness (QED) is 0.545. The summed E-state index contributed by atoms with van der Waals surface area (Å²) in [6.45, 7) is 13.1. The van der Waals surface area contributed by atoms with Crippen LogP contribution in [-0.2, 0) is 4.74 Å². The molecule has 1 heterocycles. The summed E-state index contributed by atoms with van der Waals surface area (Å²) in [5.41, 5.74) is 1.72. The molecule has 6 rings (SSSR count). The van der Waals surface area contributed by atoms with Crippen LogP contribution in [0.15, 0.2) is 0 Å². The van der Waals surface area contributed by atoms with Gasteiger partial charge in [0.2, 0.25) is 0 Å². The maximum atomic E-state index is 12.1. The van der Waals surface area contributed by atoms with Crippen molar-refractivity contribution in [3.8, 4) is 0 Å². The fourth-order valence-corrected chi connectivity index (χ4v) is 11.9. The normalized spacial score (nSPS) is 55.5. The lowest BCUT2D eigenvalue weighted by Crippen LogP contribution is -2.58. The summed E-state index contributed by atoms with van der Waals surface area (Å²) in [5.74, 6) is 2.74. The zero-order chi connectivity index (χ0) is 25.2. The van der Waals surface area contributed by atoms with Gasteiger partial charge in [-0.2, -0.15) is 0 Å². The Kier molecular flexibility index (Phi) is 5.18. The molecule has 35 heavy (non-hydrogen) atoms. The van der Waals surface area contributed by atoms with Crippen molar-refractivity contribution in [2.24, 2.45) is 50.7 Å². The van der Waals surface area contributed by atoms with Crippen LogP contribution in [0.2, 0.25) is 0 Å². The van der Waals surface area contributed by atoms with E-state index < -0.39 is 0 Å². The summed E-state index contributed by atoms with van der Waals surface area (Å²) in [4.78, 5) is 13.7. The lowest BCUT2D eigenvalue weighted by atomic mass is 9.41. The first kappa shape index (κ1) is 24.5. The van der Waals surface area contributed by atoms with E-state index in [2.05, 4.69) is 39.9 Å². The molecular weight excluding hydrogens is 436 g/mol. The molecule has 5 nitrogen and oxygen atoms in total. The third-order valence-corrected chi connectivity index (χ3v) is 13.6. The average molecular weight is 487 g/mol. The van der Waals surface area contributed by atoms with E-state index in [1.165, 1.54) is 44.9 Å². The number of hydrogen-bond donors (Lipinski definition) is 2. The second-order valence-corrected chi connectivity index (χ2v) is 15.2. The van der Waals surface area contributed by atoms with E-state index in [0.717, 1.165) is 18.8 Å². The highest BCUT2D eigenvalue weighted by Gasteiger charge is 2.83. The number of amides is 2. The van der Waals surface area contributed by atoms with Crippen LogP contribution in [0.3, 0.4) is 0 Å². The number of fused-ring (bicyclic) bond motifs is 4. The molecule has 0 aromatic heterocycles. The predicted octanol–water partition coefficient (Wildman–Crippen LogP) is 5.46. The zero-order valence-corrected chi connectivity index (χ0v) is 23.3. The molecule has 0 bridgehead atoms. The number of nitrogens with one attached hydrogen (secondary N) is 1. The molecule has 6 fully saturated rings. The number of aliphatic hydroxyl groups excluding tert-OH is 1. The third kappa shape index (κ3) is 2.92. The van der Waals surface area contributed by atoms with Crippen molar-refractivity contribution in [1.82, 2.24) is 10.2 Å². The summed E-state index contributed by atoms with van der Waals surface area (Å²) in [6, 6.07) is -0.0272. The van der Waals surface area contributed by atoms with Gasteiger partial charge in [-0.3, -0.25) is 0 Å². The van der Waals surface area contributed by atoms with Gasteiger partial charge in [0.1, 0.15) is 0 Å². The summed E-state index contributed by atoms with van der Waals surface area (Å²) >= 11 is 0. The van der Waals surface area contributed by atoms with Gasteiger partial charge < -0.3 is 20.1 Å². The van der Waals surface area contributed by atoms with E-state index in [1.54, 1.807) is 19.0 Å². The minimum atomic E-state index is -0.134. The lowest BCUT2D eigenvalue weighted by molar-refractivity contribution is -0.166. The highest BCUT2D eigenvalue weighted by atomic mass is 16.5. The number of nitrogens with zero attached hydrogens (tertiary/aromatic N) is 1. The first-order valence-corrected chi connectivity index (χ1v) is 14.6. The summed E-state index contributed by atoms with van der Waals surface area (Å²) in [6.07, 6.45) is 11.6. The average Bonchev–Trinajstić information content (AvgIpc) is 3.38. The minimum Gasteiger partial charge on any atom is -0.393 e. The largest absolute Gasteiger partial charge is 0.393 e. The Hall–Kier alpha value is -0.810. The molecule has 2 amide bonds. The van der Waals surface area contributed by atoms with Crippen LogP contribution in [0.25, 0.3) is 0 Å². The van der Waals surface area contributed by atoms with Crippen LogP contribution >= 0.6 is 0 Å². The summed E-state index contributed by atoms with van der Waals surface area (Å²) in [7, 11) is 3.59. The number of carbonyl (C=O) groups is 1. The highest BCUT2D eigenvalue weighted by Crippen LogP contribution is 2.89. The second kappa shape index (κ2) is 7.40. The molecule has 5 aliphatic carbocycles. The highest BCUT2D eigenvalue weighted by molar-refractivity contribution is 5.73. The Morgan fingerprint density at radius 2 is 1.69 bits per heavy atom. The van der Waals surface area contributed by atoms with Crippen LogP contribution in [0.5, 0.6) is 0 Å². The third-order valence-electron chi connectivity index (χ3n) is 13.6. The Bertz CT molecular complexity index is 904. The monoisotopic (exact) mass is 486 g/mol. The summed E-state index contributed by atoms with van der Waals surface area (Å²) in [5, 5.41) is 14.0. The second-order valence-electron chi connectivity index (χ2n) is 15.2.